The number of nitrogens with one attached hydrogen (secondary N) is 1. The van der Waals surface area contributed by atoms with Crippen LogP contribution in [-0.2, 0) is 23.0 Å². The standard InChI is InChI=1S/C22H32N4O4/c1-6-29-20-14-19(26-8-10-28-11-9-26)21(30-7-2)13-18(20)23-22(27)12-17-15(3)24-25(5)16(17)4/h13-14H,6-12H2,1-5H3,(H,23,27). The summed E-state index contributed by atoms with van der Waals surface area (Å²) in [6.07, 6.45) is 0.256. The van der Waals surface area contributed by atoms with Gasteiger partial charge in [-0.2, -0.15) is 5.10 Å². The fourth-order valence-corrected chi connectivity index (χ4v) is 3.67. The third-order valence-electron chi connectivity index (χ3n) is 5.28. The van der Waals surface area contributed by atoms with Crippen molar-refractivity contribution in [3.8, 4) is 11.5 Å². The Hall–Kier alpha value is -2.74. The molecule has 1 aliphatic heterocycles. The highest BCUT2D eigenvalue weighted by Gasteiger charge is 2.21. The van der Waals surface area contributed by atoms with Gasteiger partial charge in [0.15, 0.2) is 0 Å². The second-order valence-corrected chi connectivity index (χ2v) is 7.28. The third kappa shape index (κ3) is 4.87. The van der Waals surface area contributed by atoms with Gasteiger partial charge in [-0.15, -0.1) is 0 Å². The maximum atomic E-state index is 12.8. The molecule has 1 N–H and O–H groups in total. The van der Waals surface area contributed by atoms with Crippen LogP contribution in [0.15, 0.2) is 12.1 Å². The molecule has 1 saturated heterocycles. The van der Waals surface area contributed by atoms with Gasteiger partial charge in [0, 0.05) is 43.5 Å². The summed E-state index contributed by atoms with van der Waals surface area (Å²) >= 11 is 0. The van der Waals surface area contributed by atoms with Gasteiger partial charge in [-0.1, -0.05) is 0 Å². The van der Waals surface area contributed by atoms with Gasteiger partial charge in [-0.05, 0) is 27.7 Å². The van der Waals surface area contributed by atoms with Crippen molar-refractivity contribution in [2.24, 2.45) is 7.05 Å². The molecule has 3 rings (SSSR count). The van der Waals surface area contributed by atoms with Gasteiger partial charge in [0.1, 0.15) is 11.5 Å². The van der Waals surface area contributed by atoms with Crippen LogP contribution in [0.5, 0.6) is 11.5 Å². The van der Waals surface area contributed by atoms with Gasteiger partial charge in [-0.25, -0.2) is 0 Å². The Labute approximate surface area is 178 Å². The summed E-state index contributed by atoms with van der Waals surface area (Å²) < 4.78 is 19.0. The normalized spacial score (nSPS) is 14.0. The maximum absolute atomic E-state index is 12.8. The molecule has 8 heteroatoms. The van der Waals surface area contributed by atoms with Crippen molar-refractivity contribution < 1.29 is 19.0 Å². The lowest BCUT2D eigenvalue weighted by Gasteiger charge is -2.31. The van der Waals surface area contributed by atoms with Gasteiger partial charge in [0.25, 0.3) is 0 Å². The first-order valence-corrected chi connectivity index (χ1v) is 10.5. The van der Waals surface area contributed by atoms with E-state index in [0.717, 1.165) is 41.5 Å². The summed E-state index contributed by atoms with van der Waals surface area (Å²) in [6, 6.07) is 3.82. The molecule has 8 nitrogen and oxygen atoms in total. The molecule has 1 aliphatic rings. The molecule has 1 fully saturated rings. The summed E-state index contributed by atoms with van der Waals surface area (Å²) in [5, 5.41) is 7.41. The highest BCUT2D eigenvalue weighted by molar-refractivity contribution is 5.95. The highest BCUT2D eigenvalue weighted by atomic mass is 16.5. The number of aryl methyl sites for hydroxylation is 2. The Morgan fingerprint density at radius 1 is 1.13 bits per heavy atom. The van der Waals surface area contributed by atoms with Crippen LogP contribution in [-0.4, -0.2) is 55.2 Å². The second kappa shape index (κ2) is 9.84. The first-order chi connectivity index (χ1) is 14.4. The summed E-state index contributed by atoms with van der Waals surface area (Å²) in [5.41, 5.74) is 4.38. The zero-order chi connectivity index (χ0) is 21.7. The van der Waals surface area contributed by atoms with Crippen molar-refractivity contribution in [2.75, 3.05) is 49.7 Å². The fraction of sp³-hybridized carbons (Fsp3) is 0.545. The summed E-state index contributed by atoms with van der Waals surface area (Å²) in [4.78, 5) is 15.1. The molecule has 1 amide bonds. The smallest absolute Gasteiger partial charge is 0.229 e. The molecule has 0 aliphatic carbocycles. The van der Waals surface area contributed by atoms with Gasteiger partial charge in [0.2, 0.25) is 5.91 Å². The number of rotatable bonds is 8. The van der Waals surface area contributed by atoms with Crippen molar-refractivity contribution in [1.29, 1.82) is 0 Å². The number of hydrogen-bond donors (Lipinski definition) is 1. The quantitative estimate of drug-likeness (QED) is 0.713. The van der Waals surface area contributed by atoms with E-state index in [1.54, 1.807) is 4.68 Å². The van der Waals surface area contributed by atoms with E-state index >= 15 is 0 Å². The summed E-state index contributed by atoms with van der Waals surface area (Å²) in [7, 11) is 1.88. The van der Waals surface area contributed by atoms with E-state index in [0.29, 0.717) is 37.9 Å². The molecule has 30 heavy (non-hydrogen) atoms. The molecule has 2 aromatic rings. The molecular formula is C22H32N4O4. The predicted octanol–water partition coefficient (Wildman–Crippen LogP) is 2.85. The molecule has 0 radical (unpaired) electrons. The Bertz CT molecular complexity index is 888. The largest absolute Gasteiger partial charge is 0.492 e. The number of morpholine rings is 1. The Morgan fingerprint density at radius 3 is 2.40 bits per heavy atom. The molecule has 0 saturated carbocycles. The molecule has 0 bridgehead atoms. The Morgan fingerprint density at radius 2 is 1.80 bits per heavy atom. The van der Waals surface area contributed by atoms with Crippen LogP contribution in [0.1, 0.15) is 30.8 Å². The number of carbonyl (C=O) groups excluding carboxylic acids is 1. The topological polar surface area (TPSA) is 77.8 Å². The molecule has 0 atom stereocenters. The van der Waals surface area contributed by atoms with Crippen LogP contribution in [0.25, 0.3) is 0 Å². The minimum Gasteiger partial charge on any atom is -0.492 e. The summed E-state index contributed by atoms with van der Waals surface area (Å²) in [6.45, 7) is 11.7. The van der Waals surface area contributed by atoms with Crippen LogP contribution in [0.3, 0.4) is 0 Å². The van der Waals surface area contributed by atoms with E-state index in [4.69, 9.17) is 14.2 Å². The van der Waals surface area contributed by atoms with Crippen molar-refractivity contribution in [2.45, 2.75) is 34.1 Å². The highest BCUT2D eigenvalue weighted by Crippen LogP contribution is 2.39. The van der Waals surface area contributed by atoms with Crippen molar-refractivity contribution in [3.63, 3.8) is 0 Å². The first kappa shape index (κ1) is 22.0. The Kier molecular flexibility index (Phi) is 7.20. The van der Waals surface area contributed by atoms with Crippen LogP contribution < -0.4 is 19.7 Å². The molecule has 2 heterocycles. The van der Waals surface area contributed by atoms with Gasteiger partial charge in [-0.3, -0.25) is 9.48 Å². The lowest BCUT2D eigenvalue weighted by Crippen LogP contribution is -2.36. The maximum Gasteiger partial charge on any atom is 0.229 e. The monoisotopic (exact) mass is 416 g/mol. The molecular weight excluding hydrogens is 384 g/mol. The minimum absolute atomic E-state index is 0.114. The number of aromatic nitrogens is 2. The second-order valence-electron chi connectivity index (χ2n) is 7.28. The SMILES string of the molecule is CCOc1cc(N2CCOCC2)c(OCC)cc1NC(=O)Cc1c(C)nn(C)c1C. The van der Waals surface area contributed by atoms with Crippen molar-refractivity contribution in [1.82, 2.24) is 9.78 Å². The van der Waals surface area contributed by atoms with Crippen LogP contribution in [0.4, 0.5) is 11.4 Å². The van der Waals surface area contributed by atoms with E-state index in [9.17, 15) is 4.79 Å². The fourth-order valence-electron chi connectivity index (χ4n) is 3.67. The zero-order valence-electron chi connectivity index (χ0n) is 18.6. The predicted molar refractivity (Wildman–Crippen MR) is 117 cm³/mol. The van der Waals surface area contributed by atoms with E-state index in [1.165, 1.54) is 0 Å². The van der Waals surface area contributed by atoms with Crippen molar-refractivity contribution in [3.05, 3.63) is 29.1 Å². The lowest BCUT2D eigenvalue weighted by atomic mass is 10.1. The van der Waals surface area contributed by atoms with Crippen LogP contribution >= 0.6 is 0 Å². The number of carbonyl (C=O) groups is 1. The van der Waals surface area contributed by atoms with Crippen molar-refractivity contribution >= 4 is 17.3 Å². The number of amides is 1. The lowest BCUT2D eigenvalue weighted by molar-refractivity contribution is -0.115. The van der Waals surface area contributed by atoms with Gasteiger partial charge in [0.05, 0.1) is 49.9 Å². The van der Waals surface area contributed by atoms with Crippen LogP contribution in [0.2, 0.25) is 0 Å². The molecule has 0 unspecified atom stereocenters. The van der Waals surface area contributed by atoms with E-state index in [2.05, 4.69) is 15.3 Å². The minimum atomic E-state index is -0.114. The molecule has 0 spiro atoms. The van der Waals surface area contributed by atoms with Crippen LogP contribution in [0, 0.1) is 13.8 Å². The van der Waals surface area contributed by atoms with Gasteiger partial charge < -0.3 is 24.4 Å². The first-order valence-electron chi connectivity index (χ1n) is 10.5. The third-order valence-corrected chi connectivity index (χ3v) is 5.28. The van der Waals surface area contributed by atoms with E-state index in [1.807, 2.05) is 46.9 Å². The van der Waals surface area contributed by atoms with E-state index < -0.39 is 0 Å². The number of anilines is 2. The van der Waals surface area contributed by atoms with Gasteiger partial charge >= 0.3 is 0 Å². The molecule has 1 aromatic heterocycles. The number of hydrogen-bond acceptors (Lipinski definition) is 6. The average Bonchev–Trinajstić information content (AvgIpc) is 2.96. The number of nitrogens with zero attached hydrogens (tertiary/aromatic N) is 3. The summed E-state index contributed by atoms with van der Waals surface area (Å²) in [5.74, 6) is 1.25. The Balaban J connectivity index is 1.88. The molecule has 1 aromatic carbocycles. The number of ether oxygens (including phenoxy) is 3. The van der Waals surface area contributed by atoms with E-state index in [-0.39, 0.29) is 12.3 Å². The number of benzene rings is 1. The molecule has 164 valence electrons. The average molecular weight is 417 g/mol. The zero-order valence-corrected chi connectivity index (χ0v) is 18.6.